The molecule has 18 heavy (non-hydrogen) atoms. The Labute approximate surface area is 107 Å². The summed E-state index contributed by atoms with van der Waals surface area (Å²) >= 11 is 0. The highest BCUT2D eigenvalue weighted by Gasteiger charge is 2.18. The maximum atomic E-state index is 12.0. The minimum atomic E-state index is -0.146. The molecule has 1 saturated heterocycles. The maximum Gasteiger partial charge on any atom is 0.256 e. The molecule has 0 saturated carbocycles. The number of carbonyl (C=O) groups is 1. The number of hydrogen-bond donors (Lipinski definition) is 2. The van der Waals surface area contributed by atoms with Crippen LogP contribution in [0.3, 0.4) is 0 Å². The third-order valence-electron chi connectivity index (χ3n) is 3.34. The van der Waals surface area contributed by atoms with Crippen LogP contribution >= 0.6 is 0 Å². The van der Waals surface area contributed by atoms with Gasteiger partial charge in [-0.1, -0.05) is 0 Å². The van der Waals surface area contributed by atoms with Crippen molar-refractivity contribution in [3.63, 3.8) is 0 Å². The highest BCUT2D eigenvalue weighted by atomic mass is 16.1. The summed E-state index contributed by atoms with van der Waals surface area (Å²) in [6, 6.07) is 0.121. The van der Waals surface area contributed by atoms with Crippen LogP contribution < -0.4 is 11.1 Å². The number of carbonyl (C=O) groups excluding carboxylic acids is 1. The number of nitrogens with two attached hydrogens (primary N) is 1. The molecule has 1 aromatic rings. The van der Waals surface area contributed by atoms with Crippen LogP contribution in [0.4, 0.5) is 5.82 Å². The predicted molar refractivity (Wildman–Crippen MR) is 70.2 cm³/mol. The minimum absolute atomic E-state index is 0.121. The number of nitrogens with one attached hydrogen (secondary N) is 1. The van der Waals surface area contributed by atoms with Gasteiger partial charge in [0.25, 0.3) is 5.91 Å². The Morgan fingerprint density at radius 3 is 2.78 bits per heavy atom. The van der Waals surface area contributed by atoms with E-state index in [1.165, 1.54) is 23.7 Å². The first kappa shape index (κ1) is 12.9. The molecule has 0 bridgehead atoms. The van der Waals surface area contributed by atoms with Gasteiger partial charge in [0, 0.05) is 19.6 Å². The number of nitrogen functional groups attached to an aromatic ring is 1. The van der Waals surface area contributed by atoms with Gasteiger partial charge in [-0.2, -0.15) is 5.10 Å². The van der Waals surface area contributed by atoms with Gasteiger partial charge in [0.1, 0.15) is 11.4 Å². The Balaban J connectivity index is 1.88. The maximum absolute atomic E-state index is 12.0. The van der Waals surface area contributed by atoms with Crippen molar-refractivity contribution in [2.24, 2.45) is 7.05 Å². The summed E-state index contributed by atoms with van der Waals surface area (Å²) in [5.41, 5.74) is 6.22. The Hall–Kier alpha value is -1.56. The molecular formula is C12H21N5O. The Morgan fingerprint density at radius 1 is 1.56 bits per heavy atom. The van der Waals surface area contributed by atoms with Crippen LogP contribution in [0.1, 0.15) is 30.1 Å². The normalized spacial score (nSPS) is 17.9. The summed E-state index contributed by atoms with van der Waals surface area (Å²) in [6.45, 7) is 5.18. The molecule has 6 nitrogen and oxygen atoms in total. The highest BCUT2D eigenvalue weighted by molar-refractivity contribution is 5.98. The molecule has 0 radical (unpaired) electrons. The van der Waals surface area contributed by atoms with Crippen LogP contribution in [0.15, 0.2) is 6.20 Å². The van der Waals surface area contributed by atoms with Crippen LogP contribution in [0, 0.1) is 0 Å². The lowest BCUT2D eigenvalue weighted by atomic mass is 10.2. The van der Waals surface area contributed by atoms with Crippen LogP contribution in [0.5, 0.6) is 0 Å². The van der Waals surface area contributed by atoms with Crippen molar-refractivity contribution >= 4 is 11.7 Å². The molecule has 1 atom stereocenters. The fourth-order valence-corrected chi connectivity index (χ4v) is 2.32. The molecule has 100 valence electrons. The van der Waals surface area contributed by atoms with E-state index in [-0.39, 0.29) is 11.9 Å². The number of amides is 1. The zero-order chi connectivity index (χ0) is 13.1. The third-order valence-corrected chi connectivity index (χ3v) is 3.34. The first-order valence-electron chi connectivity index (χ1n) is 6.38. The monoisotopic (exact) mass is 251 g/mol. The number of hydrogen-bond acceptors (Lipinski definition) is 4. The first-order valence-corrected chi connectivity index (χ1v) is 6.38. The summed E-state index contributed by atoms with van der Waals surface area (Å²) in [5, 5.41) is 6.93. The van der Waals surface area contributed by atoms with Crippen LogP contribution in [0.25, 0.3) is 0 Å². The van der Waals surface area contributed by atoms with Crippen molar-refractivity contribution in [3.8, 4) is 0 Å². The van der Waals surface area contributed by atoms with Gasteiger partial charge in [-0.25, -0.2) is 0 Å². The summed E-state index contributed by atoms with van der Waals surface area (Å²) in [6.07, 6.45) is 4.03. The second kappa shape index (κ2) is 5.39. The molecule has 1 aliphatic heterocycles. The van der Waals surface area contributed by atoms with Crippen LogP contribution in [-0.2, 0) is 7.05 Å². The number of aromatic nitrogens is 2. The van der Waals surface area contributed by atoms with E-state index in [4.69, 9.17) is 5.73 Å². The lowest BCUT2D eigenvalue weighted by Gasteiger charge is -2.21. The van der Waals surface area contributed by atoms with Gasteiger partial charge in [0.05, 0.1) is 6.20 Å². The van der Waals surface area contributed by atoms with E-state index in [2.05, 4.69) is 15.3 Å². The molecule has 1 fully saturated rings. The molecule has 0 aliphatic carbocycles. The molecule has 6 heteroatoms. The molecule has 0 aromatic carbocycles. The molecule has 0 spiro atoms. The van der Waals surface area contributed by atoms with Gasteiger partial charge in [0.2, 0.25) is 0 Å². The number of nitrogens with zero attached hydrogens (tertiary/aromatic N) is 3. The Bertz CT molecular complexity index is 422. The highest BCUT2D eigenvalue weighted by Crippen LogP contribution is 2.10. The smallest absolute Gasteiger partial charge is 0.256 e. The van der Waals surface area contributed by atoms with E-state index in [9.17, 15) is 4.79 Å². The Kier molecular flexibility index (Phi) is 3.86. The quantitative estimate of drug-likeness (QED) is 0.802. The van der Waals surface area contributed by atoms with Gasteiger partial charge in [-0.05, 0) is 32.9 Å². The second-order valence-corrected chi connectivity index (χ2v) is 4.95. The van der Waals surface area contributed by atoms with Crippen molar-refractivity contribution in [1.29, 1.82) is 0 Å². The molecule has 1 aromatic heterocycles. The standard InChI is InChI=1S/C12H21N5O/c1-9(8-17-5-3-4-6-17)15-12(18)10-7-14-16(2)11(10)13/h7,9H,3-6,8,13H2,1-2H3,(H,15,18). The molecule has 2 heterocycles. The van der Waals surface area contributed by atoms with Crippen molar-refractivity contribution in [2.45, 2.75) is 25.8 Å². The van der Waals surface area contributed by atoms with E-state index < -0.39 is 0 Å². The van der Waals surface area contributed by atoms with Crippen LogP contribution in [-0.4, -0.2) is 46.3 Å². The summed E-state index contributed by atoms with van der Waals surface area (Å²) in [4.78, 5) is 14.4. The average molecular weight is 251 g/mol. The number of anilines is 1. The summed E-state index contributed by atoms with van der Waals surface area (Å²) in [7, 11) is 1.72. The molecule has 1 aliphatic rings. The van der Waals surface area contributed by atoms with Gasteiger partial charge < -0.3 is 16.0 Å². The summed E-state index contributed by atoms with van der Waals surface area (Å²) < 4.78 is 1.50. The SMILES string of the molecule is CC(CN1CCCC1)NC(=O)c1cnn(C)c1N. The molecule has 1 unspecified atom stereocenters. The van der Waals surface area contributed by atoms with Crippen LogP contribution in [0.2, 0.25) is 0 Å². The lowest BCUT2D eigenvalue weighted by Crippen LogP contribution is -2.41. The molecular weight excluding hydrogens is 230 g/mol. The van der Waals surface area contributed by atoms with Crippen molar-refractivity contribution in [3.05, 3.63) is 11.8 Å². The van der Waals surface area contributed by atoms with E-state index in [0.29, 0.717) is 11.4 Å². The number of aryl methyl sites for hydroxylation is 1. The van der Waals surface area contributed by atoms with Gasteiger partial charge in [-0.15, -0.1) is 0 Å². The zero-order valence-electron chi connectivity index (χ0n) is 11.0. The van der Waals surface area contributed by atoms with Gasteiger partial charge in [0.15, 0.2) is 0 Å². The van der Waals surface area contributed by atoms with Gasteiger partial charge in [-0.3, -0.25) is 9.48 Å². The Morgan fingerprint density at radius 2 is 2.22 bits per heavy atom. The van der Waals surface area contributed by atoms with Crippen molar-refractivity contribution in [2.75, 3.05) is 25.4 Å². The largest absolute Gasteiger partial charge is 0.383 e. The van der Waals surface area contributed by atoms with Crippen molar-refractivity contribution in [1.82, 2.24) is 20.0 Å². The third kappa shape index (κ3) is 2.81. The van der Waals surface area contributed by atoms with E-state index in [0.717, 1.165) is 19.6 Å². The first-order chi connectivity index (χ1) is 8.58. The van der Waals surface area contributed by atoms with E-state index in [1.54, 1.807) is 7.05 Å². The lowest BCUT2D eigenvalue weighted by molar-refractivity contribution is 0.0933. The fraction of sp³-hybridized carbons (Fsp3) is 0.667. The number of likely N-dealkylation sites (tertiary alicyclic amines) is 1. The van der Waals surface area contributed by atoms with Crippen molar-refractivity contribution < 1.29 is 4.79 Å². The topological polar surface area (TPSA) is 76.2 Å². The fourth-order valence-electron chi connectivity index (χ4n) is 2.32. The second-order valence-electron chi connectivity index (χ2n) is 4.95. The molecule has 1 amide bonds. The van der Waals surface area contributed by atoms with Gasteiger partial charge >= 0.3 is 0 Å². The number of rotatable bonds is 4. The average Bonchev–Trinajstić information content (AvgIpc) is 2.91. The summed E-state index contributed by atoms with van der Waals surface area (Å²) in [5.74, 6) is 0.258. The molecule has 3 N–H and O–H groups in total. The van der Waals surface area contributed by atoms with E-state index >= 15 is 0 Å². The molecule has 2 rings (SSSR count). The zero-order valence-corrected chi connectivity index (χ0v) is 11.0. The van der Waals surface area contributed by atoms with E-state index in [1.807, 2.05) is 6.92 Å². The minimum Gasteiger partial charge on any atom is -0.383 e. The predicted octanol–water partition coefficient (Wildman–Crippen LogP) is 0.216.